The van der Waals surface area contributed by atoms with Crippen LogP contribution in [-0.4, -0.2) is 41.3 Å². The Bertz CT molecular complexity index is 994. The Morgan fingerprint density at radius 1 is 0.938 bits per heavy atom. The summed E-state index contributed by atoms with van der Waals surface area (Å²) in [6, 6.07) is 27.9. The van der Waals surface area contributed by atoms with Crippen LogP contribution < -0.4 is 5.32 Å². The molecule has 4 rings (SSSR count). The van der Waals surface area contributed by atoms with Crippen LogP contribution in [0.4, 0.5) is 4.79 Å². The number of amides is 1. The third-order valence-electron chi connectivity index (χ3n) is 5.87. The number of nitrogens with one attached hydrogen (secondary N) is 1. The normalized spacial score (nSPS) is 16.3. The minimum atomic E-state index is -0.480. The highest BCUT2D eigenvalue weighted by Gasteiger charge is 2.30. The third kappa shape index (κ3) is 5.96. The summed E-state index contributed by atoms with van der Waals surface area (Å²) in [4.78, 5) is 14.8. The van der Waals surface area contributed by atoms with Gasteiger partial charge in [-0.25, -0.2) is 4.79 Å². The molecule has 166 valence electrons. The summed E-state index contributed by atoms with van der Waals surface area (Å²) in [5.41, 5.74) is 4.50. The first-order valence-corrected chi connectivity index (χ1v) is 11.2. The van der Waals surface area contributed by atoms with E-state index in [0.29, 0.717) is 26.1 Å². The van der Waals surface area contributed by atoms with Crippen LogP contribution >= 0.6 is 0 Å². The molecule has 0 fully saturated rings. The molecule has 0 aromatic heterocycles. The third-order valence-corrected chi connectivity index (χ3v) is 5.87. The Balaban J connectivity index is 1.35. The van der Waals surface area contributed by atoms with Gasteiger partial charge in [-0.1, -0.05) is 84.9 Å². The predicted molar refractivity (Wildman–Crippen MR) is 125 cm³/mol. The molecule has 3 aromatic rings. The molecular formula is C27H30N2O3. The SMILES string of the molecule is O=C(OCc1ccccc1)N1Cc2ccccc2C[C@H]1CNCC(O)Cc1ccccc1. The second kappa shape index (κ2) is 10.9. The van der Waals surface area contributed by atoms with Gasteiger partial charge in [0.25, 0.3) is 0 Å². The van der Waals surface area contributed by atoms with Crippen molar-refractivity contribution in [2.24, 2.45) is 0 Å². The van der Waals surface area contributed by atoms with Crippen molar-refractivity contribution in [2.75, 3.05) is 13.1 Å². The van der Waals surface area contributed by atoms with Gasteiger partial charge in [0, 0.05) is 19.6 Å². The van der Waals surface area contributed by atoms with Gasteiger partial charge in [-0.15, -0.1) is 0 Å². The number of nitrogens with zero attached hydrogens (tertiary/aromatic N) is 1. The van der Waals surface area contributed by atoms with Gasteiger partial charge in [-0.05, 0) is 35.1 Å². The first-order chi connectivity index (χ1) is 15.7. The van der Waals surface area contributed by atoms with Gasteiger partial charge in [0.15, 0.2) is 0 Å². The molecule has 0 aliphatic carbocycles. The monoisotopic (exact) mass is 430 g/mol. The molecule has 1 unspecified atom stereocenters. The molecule has 2 atom stereocenters. The standard InChI is InChI=1S/C27H30N2O3/c30-26(15-21-9-3-1-4-10-21)18-28-17-25-16-23-13-7-8-14-24(23)19-29(25)27(31)32-20-22-11-5-2-6-12-22/h1-14,25-26,28,30H,15-20H2/t25-,26?/m0/s1. The van der Waals surface area contributed by atoms with E-state index in [4.69, 9.17) is 4.74 Å². The van der Waals surface area contributed by atoms with Crippen LogP contribution in [0, 0.1) is 0 Å². The number of rotatable bonds is 8. The molecule has 0 radical (unpaired) electrons. The molecular weight excluding hydrogens is 400 g/mol. The van der Waals surface area contributed by atoms with Crippen LogP contribution in [0.15, 0.2) is 84.9 Å². The summed E-state index contributed by atoms with van der Waals surface area (Å²) in [6.07, 6.45) is 0.578. The lowest BCUT2D eigenvalue weighted by Crippen LogP contribution is -2.50. The molecule has 5 heteroatoms. The molecule has 1 aliphatic heterocycles. The van der Waals surface area contributed by atoms with Crippen molar-refractivity contribution in [3.63, 3.8) is 0 Å². The van der Waals surface area contributed by atoms with Gasteiger partial charge in [-0.3, -0.25) is 4.90 Å². The zero-order chi connectivity index (χ0) is 22.2. The minimum Gasteiger partial charge on any atom is -0.445 e. The number of carbonyl (C=O) groups is 1. The van der Waals surface area contributed by atoms with Gasteiger partial charge in [0.1, 0.15) is 6.61 Å². The zero-order valence-corrected chi connectivity index (χ0v) is 18.2. The Morgan fingerprint density at radius 3 is 2.28 bits per heavy atom. The minimum absolute atomic E-state index is 0.0305. The molecule has 0 saturated heterocycles. The van der Waals surface area contributed by atoms with Crippen molar-refractivity contribution < 1.29 is 14.6 Å². The number of hydrogen-bond donors (Lipinski definition) is 2. The highest BCUT2D eigenvalue weighted by molar-refractivity contribution is 5.69. The molecule has 2 N–H and O–H groups in total. The van der Waals surface area contributed by atoms with Crippen molar-refractivity contribution in [1.82, 2.24) is 10.2 Å². The number of aliphatic hydroxyl groups is 1. The number of benzene rings is 3. The average Bonchev–Trinajstić information content (AvgIpc) is 2.83. The van der Waals surface area contributed by atoms with Crippen LogP contribution in [0.2, 0.25) is 0 Å². The first-order valence-electron chi connectivity index (χ1n) is 11.2. The summed E-state index contributed by atoms with van der Waals surface area (Å²) in [5.74, 6) is 0. The average molecular weight is 431 g/mol. The smallest absolute Gasteiger partial charge is 0.410 e. The molecule has 32 heavy (non-hydrogen) atoms. The van der Waals surface area contributed by atoms with E-state index in [0.717, 1.165) is 23.1 Å². The van der Waals surface area contributed by atoms with Gasteiger partial charge in [-0.2, -0.15) is 0 Å². The van der Waals surface area contributed by atoms with E-state index in [1.54, 1.807) is 0 Å². The van der Waals surface area contributed by atoms with Gasteiger partial charge < -0.3 is 15.2 Å². The van der Waals surface area contributed by atoms with Gasteiger partial charge in [0.05, 0.1) is 12.1 Å². The van der Waals surface area contributed by atoms with E-state index >= 15 is 0 Å². The van der Waals surface area contributed by atoms with Crippen LogP contribution in [0.3, 0.4) is 0 Å². The maximum Gasteiger partial charge on any atom is 0.410 e. The zero-order valence-electron chi connectivity index (χ0n) is 18.2. The summed E-state index contributed by atoms with van der Waals surface area (Å²) < 4.78 is 5.63. The number of hydrogen-bond acceptors (Lipinski definition) is 4. The van der Waals surface area contributed by atoms with Gasteiger partial charge >= 0.3 is 6.09 Å². The van der Waals surface area contributed by atoms with Crippen molar-refractivity contribution in [3.05, 3.63) is 107 Å². The highest BCUT2D eigenvalue weighted by atomic mass is 16.6. The fourth-order valence-corrected chi connectivity index (χ4v) is 4.16. The van der Waals surface area contributed by atoms with Crippen LogP contribution in [-0.2, 0) is 30.7 Å². The number of aliphatic hydroxyl groups excluding tert-OH is 1. The first kappa shape index (κ1) is 22.1. The Labute approximate surface area is 189 Å². The summed E-state index contributed by atoms with van der Waals surface area (Å²) >= 11 is 0. The Kier molecular flexibility index (Phi) is 7.54. The molecule has 3 aromatic carbocycles. The van der Waals surface area contributed by atoms with E-state index in [2.05, 4.69) is 17.4 Å². The van der Waals surface area contributed by atoms with Crippen molar-refractivity contribution >= 4 is 6.09 Å². The second-order valence-electron chi connectivity index (χ2n) is 8.30. The van der Waals surface area contributed by atoms with Crippen LogP contribution in [0.5, 0.6) is 0 Å². The number of carbonyl (C=O) groups excluding carboxylic acids is 1. The van der Waals surface area contributed by atoms with Crippen molar-refractivity contribution in [1.29, 1.82) is 0 Å². The molecule has 0 bridgehead atoms. The summed E-state index contributed by atoms with van der Waals surface area (Å²) in [7, 11) is 0. The summed E-state index contributed by atoms with van der Waals surface area (Å²) in [6.45, 7) is 1.86. The number of ether oxygens (including phenoxy) is 1. The fraction of sp³-hybridized carbons (Fsp3) is 0.296. The van der Waals surface area contributed by atoms with E-state index in [-0.39, 0.29) is 18.7 Å². The Morgan fingerprint density at radius 2 is 1.56 bits per heavy atom. The topological polar surface area (TPSA) is 61.8 Å². The molecule has 1 aliphatic rings. The Hall–Kier alpha value is -3.15. The number of fused-ring (bicyclic) bond motifs is 1. The van der Waals surface area contributed by atoms with Crippen molar-refractivity contribution in [2.45, 2.75) is 38.1 Å². The van der Waals surface area contributed by atoms with E-state index in [9.17, 15) is 9.90 Å². The maximum absolute atomic E-state index is 13.0. The van der Waals surface area contributed by atoms with Crippen LogP contribution in [0.25, 0.3) is 0 Å². The molecule has 1 amide bonds. The van der Waals surface area contributed by atoms with E-state index < -0.39 is 6.10 Å². The lowest BCUT2D eigenvalue weighted by molar-refractivity contribution is 0.0718. The maximum atomic E-state index is 13.0. The van der Waals surface area contributed by atoms with Crippen molar-refractivity contribution in [3.8, 4) is 0 Å². The predicted octanol–water partition coefficient (Wildman–Crippen LogP) is 3.94. The van der Waals surface area contributed by atoms with E-state index in [1.807, 2.05) is 77.7 Å². The lowest BCUT2D eigenvalue weighted by atomic mass is 9.94. The highest BCUT2D eigenvalue weighted by Crippen LogP contribution is 2.24. The quantitative estimate of drug-likeness (QED) is 0.568. The van der Waals surface area contributed by atoms with E-state index in [1.165, 1.54) is 5.56 Å². The molecule has 1 heterocycles. The second-order valence-corrected chi connectivity index (χ2v) is 8.30. The fourth-order valence-electron chi connectivity index (χ4n) is 4.16. The molecule has 0 spiro atoms. The van der Waals surface area contributed by atoms with Crippen LogP contribution in [0.1, 0.15) is 22.3 Å². The lowest BCUT2D eigenvalue weighted by Gasteiger charge is -2.36. The largest absolute Gasteiger partial charge is 0.445 e. The molecule has 0 saturated carbocycles. The van der Waals surface area contributed by atoms with Gasteiger partial charge in [0.2, 0.25) is 0 Å². The summed E-state index contributed by atoms with van der Waals surface area (Å²) in [5, 5.41) is 13.8. The molecule has 5 nitrogen and oxygen atoms in total.